The lowest BCUT2D eigenvalue weighted by Crippen LogP contribution is -2.42. The lowest BCUT2D eigenvalue weighted by atomic mass is 9.96. The second-order valence-corrected chi connectivity index (χ2v) is 6.69. The van der Waals surface area contributed by atoms with E-state index in [0.717, 1.165) is 5.56 Å². The van der Waals surface area contributed by atoms with Gasteiger partial charge >= 0.3 is 6.18 Å². The van der Waals surface area contributed by atoms with Gasteiger partial charge in [0.05, 0.1) is 29.1 Å². The Kier molecular flexibility index (Phi) is 4.68. The van der Waals surface area contributed by atoms with Crippen molar-refractivity contribution in [1.82, 2.24) is 14.7 Å². The molecular formula is C18H20F3N3O2. The third kappa shape index (κ3) is 3.54. The third-order valence-corrected chi connectivity index (χ3v) is 4.78. The molecule has 1 aromatic heterocycles. The van der Waals surface area contributed by atoms with Crippen LogP contribution >= 0.6 is 0 Å². The van der Waals surface area contributed by atoms with Crippen LogP contribution < -0.4 is 0 Å². The fourth-order valence-electron chi connectivity index (χ4n) is 3.33. The van der Waals surface area contributed by atoms with Crippen molar-refractivity contribution in [3.63, 3.8) is 0 Å². The number of alkyl halides is 3. The molecule has 3 rings (SSSR count). The van der Waals surface area contributed by atoms with Crippen molar-refractivity contribution in [2.24, 2.45) is 5.92 Å². The molecule has 8 heteroatoms. The molecule has 26 heavy (non-hydrogen) atoms. The lowest BCUT2D eigenvalue weighted by Gasteiger charge is -2.32. The number of aromatic nitrogens is 2. The summed E-state index contributed by atoms with van der Waals surface area (Å²) < 4.78 is 39.9. The van der Waals surface area contributed by atoms with Gasteiger partial charge in [-0.2, -0.15) is 18.3 Å². The van der Waals surface area contributed by atoms with Gasteiger partial charge in [-0.1, -0.05) is 0 Å². The number of amides is 1. The van der Waals surface area contributed by atoms with Crippen LogP contribution in [-0.4, -0.2) is 45.0 Å². The van der Waals surface area contributed by atoms with Crippen molar-refractivity contribution in [3.05, 3.63) is 41.2 Å². The Hall–Kier alpha value is -2.51. The van der Waals surface area contributed by atoms with Crippen molar-refractivity contribution >= 4 is 5.91 Å². The van der Waals surface area contributed by atoms with E-state index in [1.54, 1.807) is 17.7 Å². The quantitative estimate of drug-likeness (QED) is 0.882. The summed E-state index contributed by atoms with van der Waals surface area (Å²) in [6.45, 7) is 3.72. The molecule has 5 nitrogen and oxygen atoms in total. The zero-order valence-electron chi connectivity index (χ0n) is 14.5. The average Bonchev–Trinajstić information content (AvgIpc) is 2.94. The number of rotatable bonds is 2. The Labute approximate surface area is 149 Å². The predicted octanol–water partition coefficient (Wildman–Crippen LogP) is 3.61. The van der Waals surface area contributed by atoms with Crippen LogP contribution in [0.1, 0.15) is 34.5 Å². The molecule has 1 fully saturated rings. The maximum absolute atomic E-state index is 12.8. The molecule has 0 unspecified atom stereocenters. The standard InChI is InChI=1S/C18H20F3N3O2/c1-11-7-14(9-15(25)8-11)24-12(2)16(10-22-24)17(26)23-5-3-13(4-6-23)18(19,20)21/h7-10,13,25H,3-6H2,1-2H3. The summed E-state index contributed by atoms with van der Waals surface area (Å²) >= 11 is 0. The average molecular weight is 367 g/mol. The Morgan fingerprint density at radius 1 is 1.19 bits per heavy atom. The largest absolute Gasteiger partial charge is 0.508 e. The minimum absolute atomic E-state index is 0.0752. The number of likely N-dealkylation sites (tertiary alicyclic amines) is 1. The normalized spacial score (nSPS) is 16.1. The molecule has 0 saturated carbocycles. The number of aryl methyl sites for hydroxylation is 1. The summed E-state index contributed by atoms with van der Waals surface area (Å²) in [5, 5.41) is 14.0. The number of halogens is 3. The molecule has 1 aliphatic rings. The highest BCUT2D eigenvalue weighted by molar-refractivity contribution is 5.95. The molecule has 140 valence electrons. The maximum Gasteiger partial charge on any atom is 0.391 e. The molecule has 2 aromatic rings. The summed E-state index contributed by atoms with van der Waals surface area (Å²) in [6.07, 6.45) is -2.93. The summed E-state index contributed by atoms with van der Waals surface area (Å²) in [5.74, 6) is -1.56. The van der Waals surface area contributed by atoms with Gasteiger partial charge in [0.2, 0.25) is 0 Å². The highest BCUT2D eigenvalue weighted by Gasteiger charge is 2.42. The molecule has 1 amide bonds. The van der Waals surface area contributed by atoms with Gasteiger partial charge in [0.25, 0.3) is 5.91 Å². The fraction of sp³-hybridized carbons (Fsp3) is 0.444. The first-order chi connectivity index (χ1) is 12.2. The maximum atomic E-state index is 12.8. The molecule has 0 aliphatic carbocycles. The third-order valence-electron chi connectivity index (χ3n) is 4.78. The van der Waals surface area contributed by atoms with Crippen molar-refractivity contribution in [3.8, 4) is 11.4 Å². The van der Waals surface area contributed by atoms with Gasteiger partial charge in [-0.25, -0.2) is 4.68 Å². The number of piperidine rings is 1. The first-order valence-corrected chi connectivity index (χ1v) is 8.38. The first-order valence-electron chi connectivity index (χ1n) is 8.38. The molecule has 0 atom stereocenters. The zero-order valence-corrected chi connectivity index (χ0v) is 14.5. The van der Waals surface area contributed by atoms with Crippen LogP contribution in [0.25, 0.3) is 5.69 Å². The van der Waals surface area contributed by atoms with Gasteiger partial charge in [0.15, 0.2) is 0 Å². The monoisotopic (exact) mass is 367 g/mol. The Bertz CT molecular complexity index is 801. The highest BCUT2D eigenvalue weighted by atomic mass is 19.4. The lowest BCUT2D eigenvalue weighted by molar-refractivity contribution is -0.183. The summed E-state index contributed by atoms with van der Waals surface area (Å²) in [7, 11) is 0. The van der Waals surface area contributed by atoms with Crippen LogP contribution in [0, 0.1) is 19.8 Å². The first kappa shape index (κ1) is 18.3. The molecular weight excluding hydrogens is 347 g/mol. The number of hydrogen-bond acceptors (Lipinski definition) is 3. The smallest absolute Gasteiger partial charge is 0.391 e. The van der Waals surface area contributed by atoms with Crippen LogP contribution in [0.15, 0.2) is 24.4 Å². The molecule has 0 spiro atoms. The summed E-state index contributed by atoms with van der Waals surface area (Å²) in [6, 6.07) is 4.97. The van der Waals surface area contributed by atoms with Crippen LogP contribution in [0.2, 0.25) is 0 Å². The number of aromatic hydroxyl groups is 1. The number of benzene rings is 1. The minimum atomic E-state index is -4.21. The number of phenols is 1. The number of carbonyl (C=O) groups excluding carboxylic acids is 1. The summed E-state index contributed by atoms with van der Waals surface area (Å²) in [5.41, 5.74) is 2.40. The highest BCUT2D eigenvalue weighted by Crippen LogP contribution is 2.34. The van der Waals surface area contributed by atoms with Crippen molar-refractivity contribution in [2.45, 2.75) is 32.9 Å². The van der Waals surface area contributed by atoms with Crippen molar-refractivity contribution in [1.29, 1.82) is 0 Å². The van der Waals surface area contributed by atoms with E-state index in [1.807, 2.05) is 13.0 Å². The molecule has 2 heterocycles. The van der Waals surface area contributed by atoms with Crippen LogP contribution in [0.3, 0.4) is 0 Å². The Morgan fingerprint density at radius 3 is 2.42 bits per heavy atom. The van der Waals surface area contributed by atoms with Crippen molar-refractivity contribution < 1.29 is 23.1 Å². The van der Waals surface area contributed by atoms with E-state index < -0.39 is 12.1 Å². The van der Waals surface area contributed by atoms with E-state index in [0.29, 0.717) is 16.9 Å². The number of carbonyl (C=O) groups is 1. The van der Waals surface area contributed by atoms with Gasteiger partial charge in [0, 0.05) is 19.2 Å². The van der Waals surface area contributed by atoms with E-state index in [1.165, 1.54) is 17.2 Å². The molecule has 1 N–H and O–H groups in total. The van der Waals surface area contributed by atoms with Gasteiger partial charge in [-0.15, -0.1) is 0 Å². The summed E-state index contributed by atoms with van der Waals surface area (Å²) in [4.78, 5) is 14.1. The Morgan fingerprint density at radius 2 is 1.85 bits per heavy atom. The molecule has 1 saturated heterocycles. The van der Waals surface area contributed by atoms with Crippen LogP contribution in [0.5, 0.6) is 5.75 Å². The van der Waals surface area contributed by atoms with Gasteiger partial charge < -0.3 is 10.0 Å². The van der Waals surface area contributed by atoms with Crippen LogP contribution in [0.4, 0.5) is 13.2 Å². The Balaban J connectivity index is 1.79. The van der Waals surface area contributed by atoms with E-state index in [4.69, 9.17) is 0 Å². The van der Waals surface area contributed by atoms with Gasteiger partial charge in [-0.3, -0.25) is 4.79 Å². The minimum Gasteiger partial charge on any atom is -0.508 e. The van der Waals surface area contributed by atoms with Crippen LogP contribution in [-0.2, 0) is 0 Å². The van der Waals surface area contributed by atoms with Gasteiger partial charge in [0.1, 0.15) is 5.75 Å². The van der Waals surface area contributed by atoms with E-state index in [-0.39, 0.29) is 37.6 Å². The fourth-order valence-corrected chi connectivity index (χ4v) is 3.33. The number of hydrogen-bond donors (Lipinski definition) is 1. The SMILES string of the molecule is Cc1cc(O)cc(-n2ncc(C(=O)N3CCC(C(F)(F)F)CC3)c2C)c1. The number of phenolic OH excluding ortho intramolecular Hbond substituents is 1. The molecule has 0 radical (unpaired) electrons. The van der Waals surface area contributed by atoms with E-state index >= 15 is 0 Å². The second kappa shape index (κ2) is 6.66. The van der Waals surface area contributed by atoms with E-state index in [9.17, 15) is 23.1 Å². The second-order valence-electron chi connectivity index (χ2n) is 6.69. The predicted molar refractivity (Wildman–Crippen MR) is 89.4 cm³/mol. The van der Waals surface area contributed by atoms with E-state index in [2.05, 4.69) is 5.10 Å². The topological polar surface area (TPSA) is 58.4 Å². The molecule has 0 bridgehead atoms. The van der Waals surface area contributed by atoms with Gasteiger partial charge in [-0.05, 0) is 44.4 Å². The molecule has 1 aromatic carbocycles. The molecule has 1 aliphatic heterocycles. The zero-order chi connectivity index (χ0) is 19.1. The number of nitrogens with zero attached hydrogens (tertiary/aromatic N) is 3. The van der Waals surface area contributed by atoms with Crippen molar-refractivity contribution in [2.75, 3.05) is 13.1 Å².